The van der Waals surface area contributed by atoms with E-state index in [1.165, 1.54) is 39.0 Å². The summed E-state index contributed by atoms with van der Waals surface area (Å²) < 4.78 is 5.44. The minimum atomic E-state index is -0.0645. The van der Waals surface area contributed by atoms with Gasteiger partial charge < -0.3 is 10.1 Å². The molecule has 0 aliphatic heterocycles. The van der Waals surface area contributed by atoms with Gasteiger partial charge in [0, 0.05) is 19.9 Å². The number of hydrogen-bond donors (Lipinski definition) is 1. The van der Waals surface area contributed by atoms with Gasteiger partial charge in [-0.3, -0.25) is 9.59 Å². The van der Waals surface area contributed by atoms with Crippen LogP contribution in [0.2, 0.25) is 0 Å². The molecule has 0 aromatic heterocycles. The van der Waals surface area contributed by atoms with Gasteiger partial charge in [0.05, 0.1) is 6.10 Å². The van der Waals surface area contributed by atoms with E-state index in [4.69, 9.17) is 4.74 Å². The molecule has 1 N–H and O–H groups in total. The normalized spacial score (nSPS) is 12.0. The topological polar surface area (TPSA) is 55.4 Å². The predicted molar refractivity (Wildman–Crippen MR) is 95.3 cm³/mol. The van der Waals surface area contributed by atoms with Crippen LogP contribution in [0.4, 0.5) is 0 Å². The number of nitrogens with one attached hydrogen (secondary N) is 1. The molecule has 0 saturated carbocycles. The zero-order valence-electron chi connectivity index (χ0n) is 15.5. The number of ether oxygens (including phenoxy) is 1. The fraction of sp³-hybridized carbons (Fsp3) is 0.895. The Bertz CT molecular complexity index is 305. The summed E-state index contributed by atoms with van der Waals surface area (Å²) in [5.41, 5.74) is 0. The molecular weight excluding hydrogens is 290 g/mol. The average Bonchev–Trinajstić information content (AvgIpc) is 2.49. The molecule has 0 radical (unpaired) electrons. The highest BCUT2D eigenvalue weighted by atomic mass is 16.5. The standard InChI is InChI=1S/C19H37NO3/c1-4-5-6-7-8-11-14-17(2)23-19(22)15-12-9-10-13-16-20-18(3)21/h17H,4-16H2,1-3H3,(H,20,21). The highest BCUT2D eigenvalue weighted by molar-refractivity contribution is 5.72. The number of hydrogen-bond acceptors (Lipinski definition) is 3. The first-order valence-electron chi connectivity index (χ1n) is 9.50. The second-order valence-corrected chi connectivity index (χ2v) is 6.50. The van der Waals surface area contributed by atoms with Crippen molar-refractivity contribution < 1.29 is 14.3 Å². The van der Waals surface area contributed by atoms with Crippen LogP contribution in [0.3, 0.4) is 0 Å². The minimum absolute atomic E-state index is 0.0212. The molecule has 4 nitrogen and oxygen atoms in total. The van der Waals surface area contributed by atoms with Crippen LogP contribution in [0.25, 0.3) is 0 Å². The van der Waals surface area contributed by atoms with Crippen molar-refractivity contribution >= 4 is 11.9 Å². The summed E-state index contributed by atoms with van der Waals surface area (Å²) in [5.74, 6) is -0.0433. The number of amides is 1. The van der Waals surface area contributed by atoms with E-state index in [9.17, 15) is 9.59 Å². The molecule has 4 heteroatoms. The van der Waals surface area contributed by atoms with E-state index >= 15 is 0 Å². The summed E-state index contributed by atoms with van der Waals surface area (Å²) in [6, 6.07) is 0. The van der Waals surface area contributed by atoms with Crippen molar-refractivity contribution in [2.45, 2.75) is 104 Å². The SMILES string of the molecule is CCCCCCCCC(C)OC(=O)CCCCCCNC(C)=O. The zero-order valence-corrected chi connectivity index (χ0v) is 15.5. The molecule has 0 spiro atoms. The predicted octanol–water partition coefficient (Wildman–Crippen LogP) is 4.76. The fourth-order valence-corrected chi connectivity index (χ4v) is 2.57. The van der Waals surface area contributed by atoms with Gasteiger partial charge in [0.1, 0.15) is 0 Å². The third-order valence-corrected chi connectivity index (χ3v) is 3.98. The molecule has 0 heterocycles. The number of unbranched alkanes of at least 4 members (excludes halogenated alkanes) is 8. The van der Waals surface area contributed by atoms with Crippen LogP contribution in [-0.2, 0) is 14.3 Å². The molecular formula is C19H37NO3. The van der Waals surface area contributed by atoms with Crippen molar-refractivity contribution in [1.29, 1.82) is 0 Å². The molecule has 0 aromatic rings. The quantitative estimate of drug-likeness (QED) is 0.349. The van der Waals surface area contributed by atoms with E-state index in [2.05, 4.69) is 12.2 Å². The summed E-state index contributed by atoms with van der Waals surface area (Å²) in [7, 11) is 0. The molecule has 0 saturated heterocycles. The monoisotopic (exact) mass is 327 g/mol. The molecule has 1 unspecified atom stereocenters. The molecule has 23 heavy (non-hydrogen) atoms. The highest BCUT2D eigenvalue weighted by Gasteiger charge is 2.08. The maximum Gasteiger partial charge on any atom is 0.306 e. The molecule has 1 atom stereocenters. The van der Waals surface area contributed by atoms with Crippen molar-refractivity contribution in [3.05, 3.63) is 0 Å². The largest absolute Gasteiger partial charge is 0.463 e. The van der Waals surface area contributed by atoms with E-state index in [-0.39, 0.29) is 18.0 Å². The van der Waals surface area contributed by atoms with Gasteiger partial charge in [-0.2, -0.15) is 0 Å². The molecule has 136 valence electrons. The molecule has 1 amide bonds. The van der Waals surface area contributed by atoms with E-state index in [1.807, 2.05) is 6.92 Å². The lowest BCUT2D eigenvalue weighted by molar-refractivity contribution is -0.148. The summed E-state index contributed by atoms with van der Waals surface area (Å²) in [4.78, 5) is 22.4. The van der Waals surface area contributed by atoms with Gasteiger partial charge in [0.2, 0.25) is 5.91 Å². The van der Waals surface area contributed by atoms with Crippen molar-refractivity contribution in [3.8, 4) is 0 Å². The Kier molecular flexibility index (Phi) is 15.1. The van der Waals surface area contributed by atoms with Crippen LogP contribution >= 0.6 is 0 Å². The lowest BCUT2D eigenvalue weighted by Crippen LogP contribution is -2.20. The maximum absolute atomic E-state index is 11.7. The van der Waals surface area contributed by atoms with Crippen LogP contribution < -0.4 is 5.32 Å². The zero-order chi connectivity index (χ0) is 17.3. The number of carbonyl (C=O) groups excluding carboxylic acids is 2. The first-order chi connectivity index (χ1) is 11.1. The first-order valence-corrected chi connectivity index (χ1v) is 9.50. The second-order valence-electron chi connectivity index (χ2n) is 6.50. The smallest absolute Gasteiger partial charge is 0.306 e. The Balaban J connectivity index is 3.38. The van der Waals surface area contributed by atoms with Crippen LogP contribution in [0.1, 0.15) is 97.8 Å². The Morgan fingerprint density at radius 2 is 1.52 bits per heavy atom. The lowest BCUT2D eigenvalue weighted by atomic mass is 10.1. The van der Waals surface area contributed by atoms with Gasteiger partial charge in [0.25, 0.3) is 0 Å². The average molecular weight is 328 g/mol. The number of esters is 1. The van der Waals surface area contributed by atoms with E-state index in [0.717, 1.165) is 45.1 Å². The van der Waals surface area contributed by atoms with Gasteiger partial charge in [0.15, 0.2) is 0 Å². The van der Waals surface area contributed by atoms with Gasteiger partial charge >= 0.3 is 5.97 Å². The van der Waals surface area contributed by atoms with Crippen molar-refractivity contribution in [2.75, 3.05) is 6.54 Å². The Morgan fingerprint density at radius 3 is 2.22 bits per heavy atom. The minimum Gasteiger partial charge on any atom is -0.463 e. The molecule has 0 aliphatic rings. The maximum atomic E-state index is 11.7. The Hall–Kier alpha value is -1.06. The first kappa shape index (κ1) is 21.9. The molecule has 0 fully saturated rings. The number of carbonyl (C=O) groups is 2. The van der Waals surface area contributed by atoms with E-state index in [0.29, 0.717) is 6.42 Å². The molecule has 0 bridgehead atoms. The van der Waals surface area contributed by atoms with Gasteiger partial charge in [-0.05, 0) is 32.6 Å². The van der Waals surface area contributed by atoms with Crippen molar-refractivity contribution in [3.63, 3.8) is 0 Å². The van der Waals surface area contributed by atoms with Crippen LogP contribution in [0.5, 0.6) is 0 Å². The Morgan fingerprint density at radius 1 is 0.913 bits per heavy atom. The van der Waals surface area contributed by atoms with Gasteiger partial charge in [-0.25, -0.2) is 0 Å². The van der Waals surface area contributed by atoms with Gasteiger partial charge in [-0.1, -0.05) is 51.9 Å². The van der Waals surface area contributed by atoms with Crippen LogP contribution in [0, 0.1) is 0 Å². The Labute approximate surface area is 142 Å². The van der Waals surface area contributed by atoms with Crippen molar-refractivity contribution in [1.82, 2.24) is 5.32 Å². The molecule has 0 aliphatic carbocycles. The lowest BCUT2D eigenvalue weighted by Gasteiger charge is -2.13. The van der Waals surface area contributed by atoms with E-state index in [1.54, 1.807) is 0 Å². The molecule has 0 rings (SSSR count). The third-order valence-electron chi connectivity index (χ3n) is 3.98. The fourth-order valence-electron chi connectivity index (χ4n) is 2.57. The third kappa shape index (κ3) is 17.1. The van der Waals surface area contributed by atoms with E-state index < -0.39 is 0 Å². The summed E-state index contributed by atoms with van der Waals surface area (Å²) in [6.45, 7) is 6.49. The summed E-state index contributed by atoms with van der Waals surface area (Å²) in [5, 5.41) is 2.78. The van der Waals surface area contributed by atoms with Gasteiger partial charge in [-0.15, -0.1) is 0 Å². The summed E-state index contributed by atoms with van der Waals surface area (Å²) >= 11 is 0. The van der Waals surface area contributed by atoms with Crippen LogP contribution in [0.15, 0.2) is 0 Å². The number of rotatable bonds is 15. The van der Waals surface area contributed by atoms with Crippen molar-refractivity contribution in [2.24, 2.45) is 0 Å². The second kappa shape index (κ2) is 15.8. The highest BCUT2D eigenvalue weighted by Crippen LogP contribution is 2.11. The van der Waals surface area contributed by atoms with Crippen LogP contribution in [-0.4, -0.2) is 24.5 Å². The molecule has 0 aromatic carbocycles. The summed E-state index contributed by atoms with van der Waals surface area (Å²) in [6.07, 6.45) is 13.1.